The largest absolute Gasteiger partial charge is 0.465 e. The Bertz CT molecular complexity index is 786. The van der Waals surface area contributed by atoms with Gasteiger partial charge in [0.2, 0.25) is 11.8 Å². The molecule has 3 aliphatic rings. The van der Waals surface area contributed by atoms with Gasteiger partial charge in [-0.1, -0.05) is 25.5 Å². The van der Waals surface area contributed by atoms with Crippen LogP contribution in [0.3, 0.4) is 0 Å². The Morgan fingerprint density at radius 1 is 1.23 bits per heavy atom. The maximum Gasteiger partial charge on any atom is 0.312 e. The molecule has 0 aromatic rings. The second kappa shape index (κ2) is 12.7. The number of rotatable bonds is 16. The number of carbonyl (C=O) groups excluding carboxylic acids is 3. The van der Waals surface area contributed by atoms with E-state index in [9.17, 15) is 19.5 Å². The summed E-state index contributed by atoms with van der Waals surface area (Å²) in [6.07, 6.45) is 9.74. The van der Waals surface area contributed by atoms with Gasteiger partial charge in [-0.2, -0.15) is 0 Å². The lowest BCUT2D eigenvalue weighted by Crippen LogP contribution is -2.56. The number of amides is 2. The molecule has 0 saturated carbocycles. The quantitative estimate of drug-likeness (QED) is 0.203. The van der Waals surface area contributed by atoms with Crippen molar-refractivity contribution in [1.29, 1.82) is 0 Å². The van der Waals surface area contributed by atoms with Crippen molar-refractivity contribution in [2.24, 2.45) is 11.8 Å². The number of aliphatic hydroxyl groups is 1. The van der Waals surface area contributed by atoms with Gasteiger partial charge in [-0.25, -0.2) is 0 Å². The van der Waals surface area contributed by atoms with E-state index < -0.39 is 35.6 Å². The zero-order valence-electron chi connectivity index (χ0n) is 21.2. The number of carbonyl (C=O) groups is 3. The zero-order valence-corrected chi connectivity index (χ0v) is 21.2. The number of nitrogens with zero attached hydrogens (tertiary/aromatic N) is 2. The number of fused-ring (bicyclic) bond motifs is 1. The summed E-state index contributed by atoms with van der Waals surface area (Å²) >= 11 is 0. The van der Waals surface area contributed by atoms with E-state index in [0.29, 0.717) is 51.9 Å². The van der Waals surface area contributed by atoms with Crippen LogP contribution in [0, 0.1) is 11.8 Å². The fraction of sp³-hybridized carbons (Fsp3) is 0.741. The van der Waals surface area contributed by atoms with E-state index in [4.69, 9.17) is 9.47 Å². The molecule has 3 fully saturated rings. The molecule has 8 nitrogen and oxygen atoms in total. The molecule has 3 aliphatic heterocycles. The number of esters is 1. The van der Waals surface area contributed by atoms with Crippen LogP contribution in [0.5, 0.6) is 0 Å². The molecule has 2 unspecified atom stereocenters. The van der Waals surface area contributed by atoms with Crippen molar-refractivity contribution in [3.05, 3.63) is 25.3 Å². The molecular weight excluding hydrogens is 448 g/mol. The van der Waals surface area contributed by atoms with Crippen LogP contribution in [-0.4, -0.2) is 83.3 Å². The van der Waals surface area contributed by atoms with E-state index in [2.05, 4.69) is 20.1 Å². The molecule has 35 heavy (non-hydrogen) atoms. The highest BCUT2D eigenvalue weighted by Crippen LogP contribution is 2.58. The van der Waals surface area contributed by atoms with Gasteiger partial charge >= 0.3 is 5.97 Å². The Kier molecular flexibility index (Phi) is 9.92. The number of hydrogen-bond donors (Lipinski definition) is 1. The maximum absolute atomic E-state index is 13.9. The Labute approximate surface area is 209 Å². The van der Waals surface area contributed by atoms with Crippen molar-refractivity contribution in [3.8, 4) is 0 Å². The number of ether oxygens (including phenoxy) is 2. The summed E-state index contributed by atoms with van der Waals surface area (Å²) in [6.45, 7) is 11.2. The lowest BCUT2D eigenvalue weighted by Gasteiger charge is -2.36. The summed E-state index contributed by atoms with van der Waals surface area (Å²) in [5.41, 5.74) is -1.00. The van der Waals surface area contributed by atoms with E-state index >= 15 is 0 Å². The third-order valence-electron chi connectivity index (χ3n) is 7.60. The average molecular weight is 491 g/mol. The molecule has 8 heteroatoms. The molecule has 3 heterocycles. The van der Waals surface area contributed by atoms with Crippen molar-refractivity contribution in [1.82, 2.24) is 9.80 Å². The molecule has 2 amide bonds. The van der Waals surface area contributed by atoms with E-state index in [-0.39, 0.29) is 18.4 Å². The molecule has 0 radical (unpaired) electrons. The van der Waals surface area contributed by atoms with Crippen LogP contribution in [0.1, 0.15) is 64.7 Å². The van der Waals surface area contributed by atoms with E-state index in [1.54, 1.807) is 15.9 Å². The van der Waals surface area contributed by atoms with E-state index in [1.807, 2.05) is 6.08 Å². The van der Waals surface area contributed by atoms with Gasteiger partial charge in [0.15, 0.2) is 0 Å². The van der Waals surface area contributed by atoms with Crippen molar-refractivity contribution >= 4 is 17.8 Å². The normalized spacial score (nSPS) is 28.7. The van der Waals surface area contributed by atoms with Crippen molar-refractivity contribution in [3.63, 3.8) is 0 Å². The van der Waals surface area contributed by atoms with Crippen LogP contribution in [-0.2, 0) is 23.9 Å². The van der Waals surface area contributed by atoms with Crippen LogP contribution >= 0.6 is 0 Å². The monoisotopic (exact) mass is 490 g/mol. The van der Waals surface area contributed by atoms with Crippen LogP contribution in [0.15, 0.2) is 25.3 Å². The average Bonchev–Trinajstić information content (AvgIpc) is 3.49. The van der Waals surface area contributed by atoms with Gasteiger partial charge in [-0.05, 0) is 51.4 Å². The zero-order chi connectivity index (χ0) is 25.4. The molecule has 1 N–H and O–H groups in total. The first-order valence-corrected chi connectivity index (χ1v) is 13.2. The molecule has 3 saturated heterocycles. The van der Waals surface area contributed by atoms with Gasteiger partial charge in [-0.15, -0.1) is 13.2 Å². The summed E-state index contributed by atoms with van der Waals surface area (Å²) in [6, 6.07) is -0.772. The molecule has 0 aliphatic carbocycles. The number of aliphatic hydroxyl groups excluding tert-OH is 1. The maximum atomic E-state index is 13.9. The van der Waals surface area contributed by atoms with Gasteiger partial charge in [-0.3, -0.25) is 14.4 Å². The highest BCUT2D eigenvalue weighted by Gasteiger charge is 2.74. The minimum Gasteiger partial charge on any atom is -0.465 e. The Hall–Kier alpha value is -2.19. The van der Waals surface area contributed by atoms with Crippen LogP contribution in [0.4, 0.5) is 0 Å². The second-order valence-electron chi connectivity index (χ2n) is 9.90. The predicted molar refractivity (Wildman–Crippen MR) is 132 cm³/mol. The fourth-order valence-electron chi connectivity index (χ4n) is 5.96. The highest BCUT2D eigenvalue weighted by molar-refractivity contribution is 5.98. The van der Waals surface area contributed by atoms with Crippen LogP contribution in [0.2, 0.25) is 0 Å². The minimum absolute atomic E-state index is 0.0215. The summed E-state index contributed by atoms with van der Waals surface area (Å²) < 4.78 is 12.0. The van der Waals surface area contributed by atoms with Gasteiger partial charge in [0.1, 0.15) is 11.6 Å². The smallest absolute Gasteiger partial charge is 0.312 e. The third kappa shape index (κ3) is 5.48. The molecule has 196 valence electrons. The predicted octanol–water partition coefficient (Wildman–Crippen LogP) is 2.85. The molecule has 2 bridgehead atoms. The Morgan fingerprint density at radius 2 is 2.03 bits per heavy atom. The SMILES string of the molecule is C=CCCCCOC(=O)[C@@H]1[C@@H]2CCC3(O2)C(C(=O)N(CC=C)CCCC)N(CCCCO)C(=O)[C@H]13. The van der Waals surface area contributed by atoms with Gasteiger partial charge in [0.05, 0.1) is 24.5 Å². The lowest BCUT2D eigenvalue weighted by molar-refractivity contribution is -0.155. The van der Waals surface area contributed by atoms with Gasteiger partial charge < -0.3 is 24.4 Å². The first-order chi connectivity index (χ1) is 17.0. The summed E-state index contributed by atoms with van der Waals surface area (Å²) in [5, 5.41) is 9.27. The summed E-state index contributed by atoms with van der Waals surface area (Å²) in [5.74, 6) is -2.13. The standard InChI is InChI=1S/C27H42N2O6/c1-4-7-9-12-19-34-26(33)21-20-13-14-27(35-20)22(21)24(31)29(17-10-11-18-30)23(27)25(32)28(15-6-3)16-8-5-2/h4,6,20-23,30H,1,3,5,7-19H2,2H3/t20-,21+,22-,23?,27?/m0/s1. The van der Waals surface area contributed by atoms with E-state index in [1.165, 1.54) is 0 Å². The molecule has 5 atom stereocenters. The van der Waals surface area contributed by atoms with Crippen molar-refractivity contribution in [2.75, 3.05) is 32.8 Å². The third-order valence-corrected chi connectivity index (χ3v) is 7.60. The van der Waals surface area contributed by atoms with E-state index in [0.717, 1.165) is 32.1 Å². The van der Waals surface area contributed by atoms with Crippen LogP contribution in [0.25, 0.3) is 0 Å². The number of unbranched alkanes of at least 4 members (excludes halogenated alkanes) is 4. The van der Waals surface area contributed by atoms with Crippen molar-refractivity contribution < 1.29 is 29.0 Å². The topological polar surface area (TPSA) is 96.4 Å². The Balaban J connectivity index is 1.85. The summed E-state index contributed by atoms with van der Waals surface area (Å²) in [4.78, 5) is 44.2. The number of likely N-dealkylation sites (tertiary alicyclic amines) is 1. The molecule has 0 aromatic carbocycles. The summed E-state index contributed by atoms with van der Waals surface area (Å²) in [7, 11) is 0. The first-order valence-electron chi connectivity index (χ1n) is 13.2. The number of allylic oxidation sites excluding steroid dienone is 1. The van der Waals surface area contributed by atoms with Gasteiger partial charge in [0.25, 0.3) is 0 Å². The lowest BCUT2D eigenvalue weighted by atomic mass is 9.70. The number of hydrogen-bond acceptors (Lipinski definition) is 6. The molecule has 0 aromatic heterocycles. The fourth-order valence-corrected chi connectivity index (χ4v) is 5.96. The van der Waals surface area contributed by atoms with Crippen molar-refractivity contribution in [2.45, 2.75) is 82.5 Å². The molecular formula is C27H42N2O6. The molecule has 1 spiro atoms. The second-order valence-corrected chi connectivity index (χ2v) is 9.90. The Morgan fingerprint density at radius 3 is 2.71 bits per heavy atom. The molecule has 3 rings (SSSR count). The van der Waals surface area contributed by atoms with Crippen LogP contribution < -0.4 is 0 Å². The highest BCUT2D eigenvalue weighted by atomic mass is 16.6. The van der Waals surface area contributed by atoms with Gasteiger partial charge in [0, 0.05) is 26.2 Å². The first kappa shape index (κ1) is 27.4. The minimum atomic E-state index is -1.00.